The van der Waals surface area contributed by atoms with Crippen molar-refractivity contribution < 1.29 is 23.7 Å². The predicted molar refractivity (Wildman–Crippen MR) is 97.1 cm³/mol. The van der Waals surface area contributed by atoms with Gasteiger partial charge in [-0.15, -0.1) is 0 Å². The van der Waals surface area contributed by atoms with E-state index >= 15 is 0 Å². The van der Waals surface area contributed by atoms with Crippen LogP contribution < -0.4 is 24.3 Å². The molecule has 0 spiro atoms. The Kier molecular flexibility index (Phi) is 4.64. The van der Waals surface area contributed by atoms with Gasteiger partial charge < -0.3 is 24.3 Å². The summed E-state index contributed by atoms with van der Waals surface area (Å²) in [5.74, 6) is 2.55. The van der Waals surface area contributed by atoms with Crippen molar-refractivity contribution in [3.8, 4) is 23.0 Å². The first-order chi connectivity index (χ1) is 12.8. The van der Waals surface area contributed by atoms with Gasteiger partial charge in [0.2, 0.25) is 5.91 Å². The number of amides is 1. The lowest BCUT2D eigenvalue weighted by atomic mass is 10.2. The van der Waals surface area contributed by atoms with Gasteiger partial charge in [0.1, 0.15) is 13.2 Å². The Hall–Kier alpha value is -3.15. The minimum atomic E-state index is -0.227. The van der Waals surface area contributed by atoms with Crippen molar-refractivity contribution in [2.45, 2.75) is 6.42 Å². The van der Waals surface area contributed by atoms with Crippen LogP contribution in [0.4, 0.5) is 5.69 Å². The minimum Gasteiger partial charge on any atom is -0.490 e. The normalized spacial score (nSPS) is 15.4. The monoisotopic (exact) mass is 353 g/mol. The largest absolute Gasteiger partial charge is 0.490 e. The molecular weight excluding hydrogens is 334 g/mol. The number of nitrogens with one attached hydrogen (secondary N) is 1. The summed E-state index contributed by atoms with van der Waals surface area (Å²) in [6.07, 6.45) is 4.06. The smallest absolute Gasteiger partial charge is 0.248 e. The Morgan fingerprint density at radius 1 is 0.808 bits per heavy atom. The Labute approximate surface area is 151 Å². The second-order valence-electron chi connectivity index (χ2n) is 5.94. The van der Waals surface area contributed by atoms with Crippen molar-refractivity contribution in [1.29, 1.82) is 0 Å². The van der Waals surface area contributed by atoms with Crippen molar-refractivity contribution in [2.24, 2.45) is 0 Å². The van der Waals surface area contributed by atoms with Crippen LogP contribution in [-0.4, -0.2) is 32.3 Å². The third-order valence-electron chi connectivity index (χ3n) is 4.01. The molecule has 0 unspecified atom stereocenters. The molecule has 0 bridgehead atoms. The third kappa shape index (κ3) is 3.74. The van der Waals surface area contributed by atoms with E-state index in [0.29, 0.717) is 49.4 Å². The van der Waals surface area contributed by atoms with E-state index < -0.39 is 0 Å². The van der Waals surface area contributed by atoms with Crippen LogP contribution in [0.15, 0.2) is 42.5 Å². The molecule has 0 aliphatic carbocycles. The van der Waals surface area contributed by atoms with Gasteiger partial charge in [-0.3, -0.25) is 4.79 Å². The van der Waals surface area contributed by atoms with Crippen LogP contribution >= 0.6 is 0 Å². The van der Waals surface area contributed by atoms with Gasteiger partial charge in [-0.2, -0.15) is 0 Å². The molecule has 0 saturated heterocycles. The summed E-state index contributed by atoms with van der Waals surface area (Å²) in [5.41, 5.74) is 1.52. The number of benzene rings is 2. The Balaban J connectivity index is 1.42. The standard InChI is InChI=1S/C20H19NO5/c22-20(7-3-14-2-5-16-18(12-14)26-11-10-25-16)21-15-4-6-17-19(13-15)24-9-1-8-23-17/h2-7,12-13H,1,8-11H2,(H,21,22)/b7-3+. The maximum Gasteiger partial charge on any atom is 0.248 e. The summed E-state index contributed by atoms with van der Waals surface area (Å²) in [6.45, 7) is 2.33. The van der Waals surface area contributed by atoms with Gasteiger partial charge in [-0.05, 0) is 35.9 Å². The van der Waals surface area contributed by atoms with Crippen molar-refractivity contribution in [3.63, 3.8) is 0 Å². The molecule has 6 heteroatoms. The molecule has 4 rings (SSSR count). The maximum absolute atomic E-state index is 12.2. The van der Waals surface area contributed by atoms with Crippen LogP contribution in [0.5, 0.6) is 23.0 Å². The fourth-order valence-electron chi connectivity index (χ4n) is 2.76. The van der Waals surface area contributed by atoms with Crippen LogP contribution in [0.25, 0.3) is 6.08 Å². The van der Waals surface area contributed by atoms with E-state index in [1.807, 2.05) is 18.2 Å². The third-order valence-corrected chi connectivity index (χ3v) is 4.01. The molecule has 2 aliphatic rings. The molecule has 2 heterocycles. The molecule has 2 aromatic carbocycles. The van der Waals surface area contributed by atoms with Gasteiger partial charge in [-0.1, -0.05) is 6.07 Å². The summed E-state index contributed by atoms with van der Waals surface area (Å²) >= 11 is 0. The highest BCUT2D eigenvalue weighted by atomic mass is 16.6. The lowest BCUT2D eigenvalue weighted by Crippen LogP contribution is -2.15. The number of ether oxygens (including phenoxy) is 4. The summed E-state index contributed by atoms with van der Waals surface area (Å²) in [6, 6.07) is 11.0. The molecule has 0 fully saturated rings. The van der Waals surface area contributed by atoms with Crippen LogP contribution in [0.2, 0.25) is 0 Å². The minimum absolute atomic E-state index is 0.227. The first kappa shape index (κ1) is 16.3. The van der Waals surface area contributed by atoms with Crippen LogP contribution in [0, 0.1) is 0 Å². The zero-order valence-electron chi connectivity index (χ0n) is 14.2. The summed E-state index contributed by atoms with van der Waals surface area (Å²) in [4.78, 5) is 12.2. The summed E-state index contributed by atoms with van der Waals surface area (Å²) in [5, 5.41) is 2.83. The molecule has 134 valence electrons. The molecule has 2 aromatic rings. The van der Waals surface area contributed by atoms with Gasteiger partial charge in [0.15, 0.2) is 23.0 Å². The maximum atomic E-state index is 12.2. The highest BCUT2D eigenvalue weighted by Gasteiger charge is 2.12. The number of fused-ring (bicyclic) bond motifs is 2. The fourth-order valence-corrected chi connectivity index (χ4v) is 2.76. The van der Waals surface area contributed by atoms with Gasteiger partial charge in [0, 0.05) is 24.3 Å². The second kappa shape index (κ2) is 7.39. The first-order valence-corrected chi connectivity index (χ1v) is 8.56. The van der Waals surface area contributed by atoms with E-state index in [4.69, 9.17) is 18.9 Å². The lowest BCUT2D eigenvalue weighted by Gasteiger charge is -2.18. The SMILES string of the molecule is O=C(/C=C/c1ccc2c(c1)OCCO2)Nc1ccc2c(c1)OCCCO2. The molecule has 6 nitrogen and oxygen atoms in total. The van der Waals surface area contributed by atoms with E-state index in [1.54, 1.807) is 24.3 Å². The van der Waals surface area contributed by atoms with Gasteiger partial charge >= 0.3 is 0 Å². The van der Waals surface area contributed by atoms with E-state index in [0.717, 1.165) is 17.7 Å². The molecule has 0 saturated carbocycles. The molecule has 0 aromatic heterocycles. The molecular formula is C20H19NO5. The number of rotatable bonds is 3. The quantitative estimate of drug-likeness (QED) is 0.858. The van der Waals surface area contributed by atoms with Crippen LogP contribution in [0.1, 0.15) is 12.0 Å². The zero-order chi connectivity index (χ0) is 17.8. The van der Waals surface area contributed by atoms with Gasteiger partial charge in [0.25, 0.3) is 0 Å². The average molecular weight is 353 g/mol. The average Bonchev–Trinajstić information content (AvgIpc) is 2.91. The molecule has 1 amide bonds. The van der Waals surface area contributed by atoms with Crippen LogP contribution in [0.3, 0.4) is 0 Å². The second-order valence-corrected chi connectivity index (χ2v) is 5.94. The molecule has 2 aliphatic heterocycles. The topological polar surface area (TPSA) is 66.0 Å². The van der Waals surface area contributed by atoms with Crippen molar-refractivity contribution in [2.75, 3.05) is 31.7 Å². The molecule has 26 heavy (non-hydrogen) atoms. The predicted octanol–water partition coefficient (Wildman–Crippen LogP) is 3.27. The number of carbonyl (C=O) groups is 1. The Morgan fingerprint density at radius 2 is 1.46 bits per heavy atom. The van der Waals surface area contributed by atoms with Crippen molar-refractivity contribution in [3.05, 3.63) is 48.0 Å². The lowest BCUT2D eigenvalue weighted by molar-refractivity contribution is -0.111. The summed E-state index contributed by atoms with van der Waals surface area (Å²) < 4.78 is 22.2. The summed E-state index contributed by atoms with van der Waals surface area (Å²) in [7, 11) is 0. The number of carbonyl (C=O) groups excluding carboxylic acids is 1. The van der Waals surface area contributed by atoms with Crippen molar-refractivity contribution >= 4 is 17.7 Å². The Morgan fingerprint density at radius 3 is 2.31 bits per heavy atom. The van der Waals surface area contributed by atoms with Gasteiger partial charge in [0.05, 0.1) is 13.2 Å². The van der Waals surface area contributed by atoms with E-state index in [-0.39, 0.29) is 5.91 Å². The number of hydrogen-bond donors (Lipinski definition) is 1. The number of hydrogen-bond acceptors (Lipinski definition) is 5. The molecule has 0 atom stereocenters. The van der Waals surface area contributed by atoms with E-state index in [2.05, 4.69) is 5.32 Å². The van der Waals surface area contributed by atoms with Gasteiger partial charge in [-0.25, -0.2) is 0 Å². The molecule has 1 N–H and O–H groups in total. The van der Waals surface area contributed by atoms with Crippen molar-refractivity contribution in [1.82, 2.24) is 0 Å². The fraction of sp³-hybridized carbons (Fsp3) is 0.250. The Bertz CT molecular complexity index is 846. The molecule has 0 radical (unpaired) electrons. The van der Waals surface area contributed by atoms with E-state index in [1.165, 1.54) is 6.08 Å². The first-order valence-electron chi connectivity index (χ1n) is 8.56. The zero-order valence-corrected chi connectivity index (χ0v) is 14.2. The van der Waals surface area contributed by atoms with Crippen LogP contribution in [-0.2, 0) is 4.79 Å². The highest BCUT2D eigenvalue weighted by Crippen LogP contribution is 2.33. The highest BCUT2D eigenvalue weighted by molar-refractivity contribution is 6.02. The van der Waals surface area contributed by atoms with E-state index in [9.17, 15) is 4.79 Å². The number of anilines is 1.